The molecule has 114 valence electrons. The molecule has 0 spiro atoms. The highest BCUT2D eigenvalue weighted by molar-refractivity contribution is 5.90. The Balaban J connectivity index is 1.86. The molecular formula is C15H17N5O2. The molecule has 0 bridgehead atoms. The van der Waals surface area contributed by atoms with E-state index in [0.29, 0.717) is 5.75 Å². The summed E-state index contributed by atoms with van der Waals surface area (Å²) in [5, 5.41) is 3.32. The van der Waals surface area contributed by atoms with Gasteiger partial charge in [0.2, 0.25) is 0 Å². The zero-order valence-electron chi connectivity index (χ0n) is 12.0. The highest BCUT2D eigenvalue weighted by Gasteiger charge is 2.16. The average Bonchev–Trinajstić information content (AvgIpc) is 2.56. The fourth-order valence-corrected chi connectivity index (χ4v) is 2.34. The van der Waals surface area contributed by atoms with Crippen LogP contribution in [-0.2, 0) is 0 Å². The third-order valence-electron chi connectivity index (χ3n) is 3.41. The van der Waals surface area contributed by atoms with E-state index in [0.717, 1.165) is 31.9 Å². The van der Waals surface area contributed by atoms with Crippen molar-refractivity contribution < 1.29 is 9.53 Å². The SMILES string of the molecule is NC(=O)c1ccnc(Oc2ccccc2N2CCNCC2)n1. The van der Waals surface area contributed by atoms with E-state index in [4.69, 9.17) is 10.5 Å². The molecule has 2 heterocycles. The molecule has 1 aliphatic heterocycles. The first-order chi connectivity index (χ1) is 10.7. The standard InChI is InChI=1S/C15H17N5O2/c16-14(21)11-5-6-18-15(19-11)22-13-4-2-1-3-12(13)20-9-7-17-8-10-20/h1-6,17H,7-10H2,(H2,16,21). The van der Waals surface area contributed by atoms with E-state index in [1.807, 2.05) is 24.3 Å². The van der Waals surface area contributed by atoms with Gasteiger partial charge >= 0.3 is 6.01 Å². The first-order valence-corrected chi connectivity index (χ1v) is 7.09. The van der Waals surface area contributed by atoms with E-state index in [2.05, 4.69) is 20.2 Å². The third-order valence-corrected chi connectivity index (χ3v) is 3.41. The van der Waals surface area contributed by atoms with Crippen LogP contribution < -0.4 is 20.7 Å². The van der Waals surface area contributed by atoms with Crippen molar-refractivity contribution >= 4 is 11.6 Å². The summed E-state index contributed by atoms with van der Waals surface area (Å²) in [5.41, 5.74) is 6.34. The number of hydrogen-bond donors (Lipinski definition) is 2. The van der Waals surface area contributed by atoms with Gasteiger partial charge in [0.25, 0.3) is 5.91 Å². The maximum atomic E-state index is 11.2. The number of rotatable bonds is 4. The van der Waals surface area contributed by atoms with E-state index in [1.54, 1.807) is 0 Å². The molecule has 1 fully saturated rings. The summed E-state index contributed by atoms with van der Waals surface area (Å²) in [5.74, 6) is 0.0497. The summed E-state index contributed by atoms with van der Waals surface area (Å²) in [6.07, 6.45) is 1.45. The highest BCUT2D eigenvalue weighted by atomic mass is 16.5. The molecule has 1 aromatic heterocycles. The lowest BCUT2D eigenvalue weighted by atomic mass is 10.2. The Hall–Kier alpha value is -2.67. The predicted molar refractivity (Wildman–Crippen MR) is 82.1 cm³/mol. The van der Waals surface area contributed by atoms with E-state index < -0.39 is 5.91 Å². The molecule has 0 aliphatic carbocycles. The van der Waals surface area contributed by atoms with Crippen molar-refractivity contribution in [1.29, 1.82) is 0 Å². The predicted octanol–water partition coefficient (Wildman–Crippen LogP) is 0.777. The second-order valence-corrected chi connectivity index (χ2v) is 4.90. The zero-order chi connectivity index (χ0) is 15.4. The molecule has 1 aromatic carbocycles. The Labute approximate surface area is 128 Å². The minimum Gasteiger partial charge on any atom is -0.422 e. The van der Waals surface area contributed by atoms with E-state index in [9.17, 15) is 4.79 Å². The van der Waals surface area contributed by atoms with Crippen molar-refractivity contribution in [3.8, 4) is 11.8 Å². The summed E-state index contributed by atoms with van der Waals surface area (Å²) < 4.78 is 5.76. The molecule has 0 radical (unpaired) electrons. The van der Waals surface area contributed by atoms with Gasteiger partial charge in [-0.25, -0.2) is 4.98 Å². The minimum atomic E-state index is -0.609. The maximum Gasteiger partial charge on any atom is 0.322 e. The molecule has 3 N–H and O–H groups in total. The number of piperazine rings is 1. The molecule has 3 rings (SSSR count). The summed E-state index contributed by atoms with van der Waals surface area (Å²) in [4.78, 5) is 21.5. The number of para-hydroxylation sites is 2. The quantitative estimate of drug-likeness (QED) is 0.866. The van der Waals surface area contributed by atoms with Crippen molar-refractivity contribution in [3.63, 3.8) is 0 Å². The monoisotopic (exact) mass is 299 g/mol. The highest BCUT2D eigenvalue weighted by Crippen LogP contribution is 2.30. The number of ether oxygens (including phenoxy) is 1. The van der Waals surface area contributed by atoms with Crippen molar-refractivity contribution in [3.05, 3.63) is 42.2 Å². The summed E-state index contributed by atoms with van der Waals surface area (Å²) in [6, 6.07) is 9.27. The number of aromatic nitrogens is 2. The Morgan fingerprint density at radius 1 is 1.23 bits per heavy atom. The van der Waals surface area contributed by atoms with Gasteiger partial charge < -0.3 is 20.7 Å². The second-order valence-electron chi connectivity index (χ2n) is 4.90. The van der Waals surface area contributed by atoms with Crippen LogP contribution in [-0.4, -0.2) is 42.1 Å². The fourth-order valence-electron chi connectivity index (χ4n) is 2.34. The molecule has 1 amide bonds. The Kier molecular flexibility index (Phi) is 4.15. The number of nitrogens with two attached hydrogens (primary N) is 1. The first-order valence-electron chi connectivity index (χ1n) is 7.09. The average molecular weight is 299 g/mol. The van der Waals surface area contributed by atoms with Crippen LogP contribution in [0.2, 0.25) is 0 Å². The molecule has 7 heteroatoms. The molecule has 1 saturated heterocycles. The number of benzene rings is 1. The number of carbonyl (C=O) groups is 1. The molecule has 0 unspecified atom stereocenters. The normalized spacial score (nSPS) is 14.6. The maximum absolute atomic E-state index is 11.2. The summed E-state index contributed by atoms with van der Waals surface area (Å²) in [6.45, 7) is 3.68. The van der Waals surface area contributed by atoms with E-state index >= 15 is 0 Å². The van der Waals surface area contributed by atoms with Crippen LogP contribution in [0.4, 0.5) is 5.69 Å². The number of hydrogen-bond acceptors (Lipinski definition) is 6. The summed E-state index contributed by atoms with van der Waals surface area (Å²) in [7, 11) is 0. The van der Waals surface area contributed by atoms with Crippen LogP contribution in [0.1, 0.15) is 10.5 Å². The van der Waals surface area contributed by atoms with Gasteiger partial charge in [-0.3, -0.25) is 4.79 Å². The number of primary amides is 1. The van der Waals surface area contributed by atoms with E-state index in [1.165, 1.54) is 12.3 Å². The van der Waals surface area contributed by atoms with Crippen molar-refractivity contribution in [1.82, 2.24) is 15.3 Å². The van der Waals surface area contributed by atoms with Gasteiger partial charge in [-0.05, 0) is 18.2 Å². The second kappa shape index (κ2) is 6.40. The van der Waals surface area contributed by atoms with Crippen LogP contribution in [0.3, 0.4) is 0 Å². The zero-order valence-corrected chi connectivity index (χ0v) is 12.0. The first kappa shape index (κ1) is 14.3. The van der Waals surface area contributed by atoms with Crippen LogP contribution in [0, 0.1) is 0 Å². The van der Waals surface area contributed by atoms with Crippen LogP contribution in [0.5, 0.6) is 11.8 Å². The molecule has 0 atom stereocenters. The lowest BCUT2D eigenvalue weighted by Gasteiger charge is -2.30. The number of amides is 1. The van der Waals surface area contributed by atoms with Gasteiger partial charge in [0.1, 0.15) is 5.69 Å². The number of anilines is 1. The van der Waals surface area contributed by atoms with Gasteiger partial charge in [-0.1, -0.05) is 12.1 Å². The minimum absolute atomic E-state index is 0.110. The largest absolute Gasteiger partial charge is 0.422 e. The van der Waals surface area contributed by atoms with Gasteiger partial charge in [-0.15, -0.1) is 0 Å². The van der Waals surface area contributed by atoms with Gasteiger partial charge in [0.05, 0.1) is 5.69 Å². The lowest BCUT2D eigenvalue weighted by molar-refractivity contribution is 0.0994. The third kappa shape index (κ3) is 3.15. The summed E-state index contributed by atoms with van der Waals surface area (Å²) >= 11 is 0. The number of nitrogens with zero attached hydrogens (tertiary/aromatic N) is 3. The van der Waals surface area contributed by atoms with Gasteiger partial charge in [0.15, 0.2) is 5.75 Å². The van der Waals surface area contributed by atoms with Gasteiger partial charge in [-0.2, -0.15) is 4.98 Å². The van der Waals surface area contributed by atoms with Crippen molar-refractivity contribution in [2.75, 3.05) is 31.1 Å². The lowest BCUT2D eigenvalue weighted by Crippen LogP contribution is -2.43. The molecular weight excluding hydrogens is 282 g/mol. The van der Waals surface area contributed by atoms with Crippen LogP contribution >= 0.6 is 0 Å². The van der Waals surface area contributed by atoms with Crippen LogP contribution in [0.15, 0.2) is 36.5 Å². The van der Waals surface area contributed by atoms with Gasteiger partial charge in [0, 0.05) is 32.4 Å². The van der Waals surface area contributed by atoms with Crippen molar-refractivity contribution in [2.24, 2.45) is 5.73 Å². The Morgan fingerprint density at radius 2 is 2.00 bits per heavy atom. The van der Waals surface area contributed by atoms with Crippen LogP contribution in [0.25, 0.3) is 0 Å². The Bertz CT molecular complexity index is 670. The smallest absolute Gasteiger partial charge is 0.322 e. The fraction of sp³-hybridized carbons (Fsp3) is 0.267. The molecule has 1 aliphatic rings. The van der Waals surface area contributed by atoms with E-state index in [-0.39, 0.29) is 11.7 Å². The topological polar surface area (TPSA) is 93.4 Å². The molecule has 22 heavy (non-hydrogen) atoms. The van der Waals surface area contributed by atoms with Crippen molar-refractivity contribution in [2.45, 2.75) is 0 Å². The Morgan fingerprint density at radius 3 is 2.77 bits per heavy atom. The molecule has 7 nitrogen and oxygen atoms in total. The molecule has 0 saturated carbocycles. The molecule has 2 aromatic rings. The number of carbonyl (C=O) groups excluding carboxylic acids is 1. The number of nitrogens with one attached hydrogen (secondary N) is 1.